The third kappa shape index (κ3) is 2.90. The number of hydrazine groups is 1. The molecular weight excluding hydrogens is 212 g/mol. The lowest BCUT2D eigenvalue weighted by atomic mass is 10.1. The van der Waals surface area contributed by atoms with Gasteiger partial charge < -0.3 is 11.5 Å². The van der Waals surface area contributed by atoms with E-state index in [0.717, 1.165) is 5.01 Å². The Morgan fingerprint density at radius 2 is 2.00 bits per heavy atom. The van der Waals surface area contributed by atoms with Gasteiger partial charge in [0.1, 0.15) is 0 Å². The summed E-state index contributed by atoms with van der Waals surface area (Å²) >= 11 is 4.57. The molecule has 0 saturated heterocycles. The van der Waals surface area contributed by atoms with Crippen molar-refractivity contribution < 1.29 is 4.79 Å². The van der Waals surface area contributed by atoms with Gasteiger partial charge in [-0.05, 0) is 23.8 Å². The van der Waals surface area contributed by atoms with Crippen LogP contribution < -0.4 is 17.3 Å². The minimum absolute atomic E-state index is 0.0838. The van der Waals surface area contributed by atoms with Crippen molar-refractivity contribution in [2.45, 2.75) is 6.42 Å². The smallest absolute Gasteiger partial charge is 0.247 e. The van der Waals surface area contributed by atoms with E-state index in [0.29, 0.717) is 11.3 Å². The minimum Gasteiger partial charge on any atom is -0.398 e. The van der Waals surface area contributed by atoms with Gasteiger partial charge in [0.25, 0.3) is 0 Å². The van der Waals surface area contributed by atoms with Crippen LogP contribution >= 0.6 is 12.2 Å². The molecule has 1 rings (SSSR count). The van der Waals surface area contributed by atoms with E-state index in [-0.39, 0.29) is 17.4 Å². The highest BCUT2D eigenvalue weighted by atomic mass is 32.1. The molecule has 6 N–H and O–H groups in total. The van der Waals surface area contributed by atoms with Crippen LogP contribution in [-0.2, 0) is 11.2 Å². The number of benzene rings is 1. The van der Waals surface area contributed by atoms with Gasteiger partial charge in [-0.15, -0.1) is 0 Å². The van der Waals surface area contributed by atoms with E-state index in [1.54, 1.807) is 24.3 Å². The molecule has 5 nitrogen and oxygen atoms in total. The van der Waals surface area contributed by atoms with E-state index in [1.165, 1.54) is 0 Å². The second-order valence-corrected chi connectivity index (χ2v) is 3.40. The molecule has 1 aromatic carbocycles. The number of carbonyl (C=O) groups excluding carboxylic acids is 1. The lowest BCUT2D eigenvalue weighted by Crippen LogP contribution is -2.46. The molecule has 0 bridgehead atoms. The molecule has 0 saturated carbocycles. The molecule has 0 fully saturated rings. The number of hydrogen-bond acceptors (Lipinski definition) is 4. The van der Waals surface area contributed by atoms with Gasteiger partial charge in [-0.1, -0.05) is 18.2 Å². The van der Waals surface area contributed by atoms with Gasteiger partial charge in [-0.3, -0.25) is 4.79 Å². The molecule has 80 valence electrons. The van der Waals surface area contributed by atoms with Gasteiger partial charge in [0, 0.05) is 5.69 Å². The first-order chi connectivity index (χ1) is 7.02. The van der Waals surface area contributed by atoms with E-state index in [9.17, 15) is 4.79 Å². The van der Waals surface area contributed by atoms with Crippen LogP contribution in [0.1, 0.15) is 5.56 Å². The predicted molar refractivity (Wildman–Crippen MR) is 62.4 cm³/mol. The summed E-state index contributed by atoms with van der Waals surface area (Å²) in [6.07, 6.45) is 0.0838. The van der Waals surface area contributed by atoms with Crippen molar-refractivity contribution >= 4 is 28.9 Å². The molecular formula is C9H12N4OS. The van der Waals surface area contributed by atoms with Crippen molar-refractivity contribution in [3.05, 3.63) is 29.8 Å². The first-order valence-corrected chi connectivity index (χ1v) is 4.63. The van der Waals surface area contributed by atoms with Crippen LogP contribution in [0.25, 0.3) is 0 Å². The first kappa shape index (κ1) is 11.4. The maximum absolute atomic E-state index is 11.5. The molecule has 6 heteroatoms. The number of para-hydroxylation sites is 1. The molecule has 0 aliphatic rings. The molecule has 1 amide bonds. The number of anilines is 1. The van der Waals surface area contributed by atoms with Crippen molar-refractivity contribution in [1.29, 1.82) is 0 Å². The average molecular weight is 224 g/mol. The molecule has 15 heavy (non-hydrogen) atoms. The van der Waals surface area contributed by atoms with Gasteiger partial charge in [0.05, 0.1) is 6.42 Å². The predicted octanol–water partition coefficient (Wildman–Crippen LogP) is -0.243. The van der Waals surface area contributed by atoms with Gasteiger partial charge in [0.15, 0.2) is 5.11 Å². The van der Waals surface area contributed by atoms with Gasteiger partial charge in [0.2, 0.25) is 5.91 Å². The summed E-state index contributed by atoms with van der Waals surface area (Å²) in [6.45, 7) is 0. The van der Waals surface area contributed by atoms with Crippen molar-refractivity contribution in [3.8, 4) is 0 Å². The summed E-state index contributed by atoms with van der Waals surface area (Å²) in [5.74, 6) is 4.95. The summed E-state index contributed by atoms with van der Waals surface area (Å²) in [7, 11) is 0. The Hall–Kier alpha value is -1.66. The fourth-order valence-electron chi connectivity index (χ4n) is 1.07. The zero-order valence-electron chi connectivity index (χ0n) is 8.01. The molecule has 0 aliphatic heterocycles. The second-order valence-electron chi connectivity index (χ2n) is 2.98. The van der Waals surface area contributed by atoms with Crippen molar-refractivity contribution in [3.63, 3.8) is 0 Å². The molecule has 0 radical (unpaired) electrons. The zero-order chi connectivity index (χ0) is 11.4. The summed E-state index contributed by atoms with van der Waals surface area (Å²) < 4.78 is 0. The third-order valence-corrected chi connectivity index (χ3v) is 2.10. The highest BCUT2D eigenvalue weighted by Gasteiger charge is 2.13. The fourth-order valence-corrected chi connectivity index (χ4v) is 1.17. The Kier molecular flexibility index (Phi) is 3.59. The molecule has 0 unspecified atom stereocenters. The van der Waals surface area contributed by atoms with Crippen molar-refractivity contribution in [2.75, 3.05) is 5.73 Å². The number of carbonyl (C=O) groups is 1. The quantitative estimate of drug-likeness (QED) is 0.212. The van der Waals surface area contributed by atoms with E-state index < -0.39 is 0 Å². The summed E-state index contributed by atoms with van der Waals surface area (Å²) in [6, 6.07) is 7.04. The number of amides is 1. The standard InChI is InChI=1S/C9H12N4OS/c10-7-4-2-1-3-6(7)5-8(14)13(12)9(11)15/h1-4H,5,10,12H2,(H2,11,15). The topological polar surface area (TPSA) is 98.4 Å². The van der Waals surface area contributed by atoms with Crippen LogP contribution in [-0.4, -0.2) is 16.0 Å². The van der Waals surface area contributed by atoms with E-state index in [2.05, 4.69) is 12.2 Å². The summed E-state index contributed by atoms with van der Waals surface area (Å²) in [4.78, 5) is 11.5. The molecule has 0 aliphatic carbocycles. The normalized spacial score (nSPS) is 9.67. The largest absolute Gasteiger partial charge is 0.398 e. The maximum atomic E-state index is 11.5. The Balaban J connectivity index is 2.75. The maximum Gasteiger partial charge on any atom is 0.247 e. The average Bonchev–Trinajstić information content (AvgIpc) is 2.20. The number of nitrogens with two attached hydrogens (primary N) is 3. The summed E-state index contributed by atoms with van der Waals surface area (Å²) in [5.41, 5.74) is 12.1. The lowest BCUT2D eigenvalue weighted by molar-refractivity contribution is -0.126. The molecule has 1 aromatic rings. The van der Waals surface area contributed by atoms with Gasteiger partial charge >= 0.3 is 0 Å². The van der Waals surface area contributed by atoms with E-state index >= 15 is 0 Å². The first-order valence-electron chi connectivity index (χ1n) is 4.23. The van der Waals surface area contributed by atoms with Crippen LogP contribution in [0.15, 0.2) is 24.3 Å². The minimum atomic E-state index is -0.389. The lowest BCUT2D eigenvalue weighted by Gasteiger charge is -2.14. The molecule has 0 heterocycles. The van der Waals surface area contributed by atoms with E-state index in [4.69, 9.17) is 17.3 Å². The zero-order valence-corrected chi connectivity index (χ0v) is 8.83. The fraction of sp³-hybridized carbons (Fsp3) is 0.111. The van der Waals surface area contributed by atoms with Crippen molar-refractivity contribution in [1.82, 2.24) is 5.01 Å². The van der Waals surface area contributed by atoms with Crippen LogP contribution in [0.2, 0.25) is 0 Å². The SMILES string of the molecule is NC(=S)N(N)C(=O)Cc1ccccc1N. The van der Waals surface area contributed by atoms with Crippen LogP contribution in [0.5, 0.6) is 0 Å². The van der Waals surface area contributed by atoms with Gasteiger partial charge in [-0.2, -0.15) is 0 Å². The van der Waals surface area contributed by atoms with Crippen LogP contribution in [0.4, 0.5) is 5.69 Å². The van der Waals surface area contributed by atoms with Crippen LogP contribution in [0.3, 0.4) is 0 Å². The Bertz CT molecular complexity index is 393. The third-order valence-electron chi connectivity index (χ3n) is 1.90. The molecule has 0 atom stereocenters. The molecule has 0 aromatic heterocycles. The number of thiocarbonyl (C=S) groups is 1. The highest BCUT2D eigenvalue weighted by molar-refractivity contribution is 7.80. The Labute approximate surface area is 92.8 Å². The van der Waals surface area contributed by atoms with Crippen LogP contribution in [0, 0.1) is 0 Å². The van der Waals surface area contributed by atoms with E-state index in [1.807, 2.05) is 0 Å². The number of nitrogen functional groups attached to an aromatic ring is 1. The summed E-state index contributed by atoms with van der Waals surface area (Å²) in [5, 5.41) is 0.580. The van der Waals surface area contributed by atoms with Crippen molar-refractivity contribution in [2.24, 2.45) is 11.6 Å². The van der Waals surface area contributed by atoms with Gasteiger partial charge in [-0.25, -0.2) is 10.9 Å². The number of rotatable bonds is 2. The molecule has 0 spiro atoms. The monoisotopic (exact) mass is 224 g/mol. The number of nitrogens with zero attached hydrogens (tertiary/aromatic N) is 1. The Morgan fingerprint density at radius 1 is 1.40 bits per heavy atom. The number of hydrogen-bond donors (Lipinski definition) is 3. The second kappa shape index (κ2) is 4.72. The highest BCUT2D eigenvalue weighted by Crippen LogP contribution is 2.11. The Morgan fingerprint density at radius 3 is 2.53 bits per heavy atom.